The van der Waals surface area contributed by atoms with Crippen LogP contribution in [0.4, 0.5) is 0 Å². The summed E-state index contributed by atoms with van der Waals surface area (Å²) in [4.78, 5) is 2.62. The van der Waals surface area contributed by atoms with E-state index in [0.29, 0.717) is 0 Å². The third-order valence-corrected chi connectivity index (χ3v) is 5.05. The van der Waals surface area contributed by atoms with Crippen molar-refractivity contribution in [3.05, 3.63) is 35.5 Å². The number of hydrogen-bond acceptors (Lipinski definition) is 1. The average molecular weight is 412 g/mol. The Morgan fingerprint density at radius 1 is 1.05 bits per heavy atom. The number of hydrogen-bond donors (Lipinski definition) is 0. The molecule has 1 heterocycles. The molecule has 122 valence electrons. The van der Waals surface area contributed by atoms with E-state index in [2.05, 4.69) is 75.7 Å². The number of nitrogens with zero attached hydrogens (tertiary/aromatic N) is 2. The lowest BCUT2D eigenvalue weighted by atomic mass is 10.1. The van der Waals surface area contributed by atoms with Crippen molar-refractivity contribution in [2.75, 3.05) is 19.6 Å². The lowest BCUT2D eigenvalue weighted by Gasteiger charge is -2.20. The van der Waals surface area contributed by atoms with E-state index >= 15 is 0 Å². The van der Waals surface area contributed by atoms with Crippen LogP contribution in [0, 0.1) is 6.92 Å². The number of rotatable bonds is 9. The fourth-order valence-corrected chi connectivity index (χ4v) is 3.94. The summed E-state index contributed by atoms with van der Waals surface area (Å²) in [7, 11) is 0. The molecule has 0 saturated carbocycles. The average Bonchev–Trinajstić information content (AvgIpc) is 2.80. The van der Waals surface area contributed by atoms with Crippen molar-refractivity contribution in [3.8, 4) is 0 Å². The first-order chi connectivity index (χ1) is 10.7. The molecule has 0 aliphatic carbocycles. The van der Waals surface area contributed by atoms with E-state index in [4.69, 9.17) is 0 Å². The standard InChI is InChI=1S/C19H29IN2/c1-4-11-21(12-5-2)13-7-6-8-17-15-22(20)19-10-9-16(3)14-18(17)19/h9-10,14-15H,4-8,11-13H2,1-3H3. The van der Waals surface area contributed by atoms with E-state index in [1.54, 1.807) is 0 Å². The van der Waals surface area contributed by atoms with E-state index in [0.717, 1.165) is 0 Å². The predicted molar refractivity (Wildman–Crippen MR) is 106 cm³/mol. The van der Waals surface area contributed by atoms with Gasteiger partial charge in [0.25, 0.3) is 0 Å². The molecular formula is C19H29IN2. The Kier molecular flexibility index (Phi) is 7.22. The smallest absolute Gasteiger partial charge is 0.0640 e. The van der Waals surface area contributed by atoms with Crippen LogP contribution in [0.25, 0.3) is 10.9 Å². The molecule has 0 aliphatic rings. The van der Waals surface area contributed by atoms with Crippen molar-refractivity contribution in [1.29, 1.82) is 0 Å². The van der Waals surface area contributed by atoms with E-state index in [-0.39, 0.29) is 0 Å². The SMILES string of the molecule is CCCN(CCC)CCCCc1cn(I)c2ccc(C)cc12. The summed E-state index contributed by atoms with van der Waals surface area (Å²) in [5.74, 6) is 0. The summed E-state index contributed by atoms with van der Waals surface area (Å²) in [6, 6.07) is 6.78. The molecule has 1 aromatic carbocycles. The highest BCUT2D eigenvalue weighted by molar-refractivity contribution is 14.1. The zero-order valence-electron chi connectivity index (χ0n) is 14.2. The van der Waals surface area contributed by atoms with Crippen molar-refractivity contribution in [3.63, 3.8) is 0 Å². The summed E-state index contributed by atoms with van der Waals surface area (Å²) >= 11 is 2.39. The Bertz CT molecular complexity index is 582. The summed E-state index contributed by atoms with van der Waals surface area (Å²) in [6.45, 7) is 10.5. The molecule has 0 unspecified atom stereocenters. The molecule has 2 aromatic rings. The minimum atomic E-state index is 1.20. The van der Waals surface area contributed by atoms with E-state index < -0.39 is 0 Å². The molecule has 0 saturated heterocycles. The van der Waals surface area contributed by atoms with Crippen molar-refractivity contribution in [2.24, 2.45) is 0 Å². The highest BCUT2D eigenvalue weighted by Crippen LogP contribution is 2.25. The fourth-order valence-electron chi connectivity index (χ4n) is 3.19. The summed E-state index contributed by atoms with van der Waals surface area (Å²) in [6.07, 6.45) is 8.62. The minimum Gasteiger partial charge on any atom is -0.303 e. The number of aromatic nitrogens is 1. The fraction of sp³-hybridized carbons (Fsp3) is 0.579. The molecule has 0 fully saturated rings. The Balaban J connectivity index is 1.90. The van der Waals surface area contributed by atoms with Crippen molar-refractivity contribution < 1.29 is 0 Å². The predicted octanol–water partition coefficient (Wildman–Crippen LogP) is 5.59. The van der Waals surface area contributed by atoms with Crippen LogP contribution in [0.2, 0.25) is 0 Å². The highest BCUT2D eigenvalue weighted by Gasteiger charge is 2.08. The Labute approximate surface area is 149 Å². The normalized spacial score (nSPS) is 11.7. The molecule has 0 spiro atoms. The first kappa shape index (κ1) is 17.8. The zero-order valence-corrected chi connectivity index (χ0v) is 16.4. The van der Waals surface area contributed by atoms with Gasteiger partial charge in [-0.3, -0.25) is 2.78 Å². The second-order valence-electron chi connectivity index (χ2n) is 6.28. The van der Waals surface area contributed by atoms with E-state index in [9.17, 15) is 0 Å². The molecule has 0 radical (unpaired) electrons. The molecule has 0 atom stereocenters. The molecule has 1 aromatic heterocycles. The number of aryl methyl sites for hydroxylation is 2. The zero-order chi connectivity index (χ0) is 15.9. The molecule has 0 bridgehead atoms. The number of unbranched alkanes of at least 4 members (excludes halogenated alkanes) is 1. The Morgan fingerprint density at radius 3 is 2.45 bits per heavy atom. The largest absolute Gasteiger partial charge is 0.303 e. The van der Waals surface area contributed by atoms with E-state index in [1.165, 1.54) is 73.8 Å². The van der Waals surface area contributed by atoms with Crippen LogP contribution >= 0.6 is 22.9 Å². The second kappa shape index (κ2) is 8.92. The molecular weight excluding hydrogens is 383 g/mol. The van der Waals surface area contributed by atoms with Crippen LogP contribution in [0.1, 0.15) is 50.7 Å². The first-order valence-electron chi connectivity index (χ1n) is 8.64. The molecule has 3 heteroatoms. The van der Waals surface area contributed by atoms with Gasteiger partial charge in [-0.25, -0.2) is 0 Å². The van der Waals surface area contributed by atoms with Crippen molar-refractivity contribution in [1.82, 2.24) is 7.68 Å². The van der Waals surface area contributed by atoms with Crippen molar-refractivity contribution >= 4 is 33.8 Å². The van der Waals surface area contributed by atoms with Gasteiger partial charge in [0.05, 0.1) is 28.4 Å². The number of benzene rings is 1. The van der Waals surface area contributed by atoms with Gasteiger partial charge in [0.1, 0.15) is 0 Å². The van der Waals surface area contributed by atoms with Gasteiger partial charge >= 0.3 is 0 Å². The van der Waals surface area contributed by atoms with Crippen LogP contribution in [0.5, 0.6) is 0 Å². The summed E-state index contributed by atoms with van der Waals surface area (Å²) in [5.41, 5.74) is 4.21. The van der Waals surface area contributed by atoms with Crippen LogP contribution in [0.3, 0.4) is 0 Å². The quantitative estimate of drug-likeness (QED) is 0.385. The number of halogens is 1. The summed E-state index contributed by atoms with van der Waals surface area (Å²) in [5, 5.41) is 1.44. The molecule has 0 N–H and O–H groups in total. The third kappa shape index (κ3) is 4.72. The highest BCUT2D eigenvalue weighted by atomic mass is 127. The molecule has 22 heavy (non-hydrogen) atoms. The van der Waals surface area contributed by atoms with Gasteiger partial charge in [-0.05, 0) is 76.4 Å². The van der Waals surface area contributed by atoms with Gasteiger partial charge in [0.15, 0.2) is 0 Å². The second-order valence-corrected chi connectivity index (χ2v) is 7.32. The van der Waals surface area contributed by atoms with Gasteiger partial charge < -0.3 is 4.90 Å². The summed E-state index contributed by atoms with van der Waals surface area (Å²) < 4.78 is 2.24. The Hall–Kier alpha value is -0.550. The molecule has 2 rings (SSSR count). The maximum absolute atomic E-state index is 2.62. The Morgan fingerprint density at radius 2 is 1.77 bits per heavy atom. The van der Waals surface area contributed by atoms with Crippen LogP contribution < -0.4 is 0 Å². The maximum Gasteiger partial charge on any atom is 0.0640 e. The topological polar surface area (TPSA) is 8.17 Å². The van der Waals surface area contributed by atoms with Crippen LogP contribution in [-0.2, 0) is 6.42 Å². The van der Waals surface area contributed by atoms with Crippen LogP contribution in [-0.4, -0.2) is 27.3 Å². The van der Waals surface area contributed by atoms with E-state index in [1.807, 2.05) is 0 Å². The van der Waals surface area contributed by atoms with Gasteiger partial charge in [-0.15, -0.1) is 0 Å². The molecule has 0 amide bonds. The maximum atomic E-state index is 2.62. The van der Waals surface area contributed by atoms with Gasteiger partial charge in [-0.1, -0.05) is 25.5 Å². The lowest BCUT2D eigenvalue weighted by molar-refractivity contribution is 0.269. The van der Waals surface area contributed by atoms with Crippen LogP contribution in [0.15, 0.2) is 24.4 Å². The van der Waals surface area contributed by atoms with Gasteiger partial charge in [-0.2, -0.15) is 0 Å². The first-order valence-corrected chi connectivity index (χ1v) is 9.61. The molecule has 2 nitrogen and oxygen atoms in total. The van der Waals surface area contributed by atoms with Gasteiger partial charge in [0, 0.05) is 11.6 Å². The third-order valence-electron chi connectivity index (χ3n) is 4.25. The monoisotopic (exact) mass is 412 g/mol. The van der Waals surface area contributed by atoms with Gasteiger partial charge in [0.2, 0.25) is 0 Å². The lowest BCUT2D eigenvalue weighted by Crippen LogP contribution is -2.26. The number of fused-ring (bicyclic) bond motifs is 1. The van der Waals surface area contributed by atoms with Crippen molar-refractivity contribution in [2.45, 2.75) is 52.9 Å². The minimum absolute atomic E-state index is 1.20. The molecule has 0 aliphatic heterocycles.